The van der Waals surface area contributed by atoms with Crippen molar-refractivity contribution in [2.45, 2.75) is 51.6 Å². The quantitative estimate of drug-likeness (QED) is 0.473. The standard InChI is InChI=1S/C26H27N3O4/c1-17-14-21(18(2)28(17)15-20-10-7-13-33-20)23(30)16-29-24(31)26(27-25(29)32)12-6-5-9-19-8-3-4-11-22(19)26/h3-4,7-8,10-11,13-14H,5-6,9,12,15-16H2,1-2H3,(H,27,32). The molecule has 1 aromatic carbocycles. The molecule has 1 aliphatic carbocycles. The normalized spacial score (nSPS) is 20.1. The Morgan fingerprint density at radius 1 is 1.12 bits per heavy atom. The molecule has 3 heterocycles. The zero-order valence-electron chi connectivity index (χ0n) is 18.9. The molecule has 7 nitrogen and oxygen atoms in total. The molecule has 2 aliphatic rings. The van der Waals surface area contributed by atoms with Crippen LogP contribution in [0, 0.1) is 13.8 Å². The van der Waals surface area contributed by atoms with Gasteiger partial charge in [-0.05, 0) is 68.9 Å². The highest BCUT2D eigenvalue weighted by atomic mass is 16.3. The first-order valence-corrected chi connectivity index (χ1v) is 11.4. The molecule has 0 radical (unpaired) electrons. The van der Waals surface area contributed by atoms with Crippen LogP contribution in [0.4, 0.5) is 4.79 Å². The Balaban J connectivity index is 1.41. The van der Waals surface area contributed by atoms with Gasteiger partial charge in [0.1, 0.15) is 11.3 Å². The molecule has 33 heavy (non-hydrogen) atoms. The fourth-order valence-corrected chi connectivity index (χ4v) is 5.23. The van der Waals surface area contributed by atoms with E-state index in [1.165, 1.54) is 0 Å². The SMILES string of the molecule is Cc1cc(C(=O)CN2C(=O)NC3(CCCCc4ccccc43)C2=O)c(C)n1Cc1ccco1. The predicted molar refractivity (Wildman–Crippen MR) is 122 cm³/mol. The van der Waals surface area contributed by atoms with Gasteiger partial charge in [0, 0.05) is 17.0 Å². The number of furan rings is 1. The number of nitrogens with zero attached hydrogens (tertiary/aromatic N) is 2. The van der Waals surface area contributed by atoms with Gasteiger partial charge in [-0.1, -0.05) is 24.3 Å². The number of urea groups is 1. The van der Waals surface area contributed by atoms with Crippen molar-refractivity contribution in [1.29, 1.82) is 0 Å². The van der Waals surface area contributed by atoms with E-state index in [2.05, 4.69) is 5.32 Å². The monoisotopic (exact) mass is 445 g/mol. The highest BCUT2D eigenvalue weighted by Gasteiger charge is 2.53. The summed E-state index contributed by atoms with van der Waals surface area (Å²) in [7, 11) is 0. The second kappa shape index (κ2) is 8.06. The number of aryl methyl sites for hydroxylation is 2. The van der Waals surface area contributed by atoms with Gasteiger partial charge in [-0.25, -0.2) is 4.79 Å². The Bertz CT molecular complexity index is 1240. The van der Waals surface area contributed by atoms with Gasteiger partial charge < -0.3 is 14.3 Å². The third-order valence-corrected chi connectivity index (χ3v) is 6.97. The smallest absolute Gasteiger partial charge is 0.325 e. The van der Waals surface area contributed by atoms with Gasteiger partial charge in [-0.2, -0.15) is 0 Å². The van der Waals surface area contributed by atoms with Crippen LogP contribution in [-0.2, 0) is 23.3 Å². The Labute approximate surface area is 192 Å². The summed E-state index contributed by atoms with van der Waals surface area (Å²) in [6.45, 7) is 4.04. The van der Waals surface area contributed by atoms with Gasteiger partial charge >= 0.3 is 6.03 Å². The average molecular weight is 446 g/mol. The number of Topliss-reactive ketones (excluding diaryl/α,β-unsaturated/α-hetero) is 1. The minimum absolute atomic E-state index is 0.253. The summed E-state index contributed by atoms with van der Waals surface area (Å²) in [5, 5.41) is 2.95. The molecule has 1 spiro atoms. The topological polar surface area (TPSA) is 84.5 Å². The third-order valence-electron chi connectivity index (χ3n) is 6.97. The number of rotatable bonds is 5. The molecule has 1 N–H and O–H groups in total. The van der Waals surface area contributed by atoms with E-state index >= 15 is 0 Å². The van der Waals surface area contributed by atoms with Crippen LogP contribution in [0.1, 0.15) is 57.9 Å². The van der Waals surface area contributed by atoms with Crippen molar-refractivity contribution in [1.82, 2.24) is 14.8 Å². The van der Waals surface area contributed by atoms with E-state index in [1.807, 2.05) is 60.9 Å². The van der Waals surface area contributed by atoms with Crippen LogP contribution in [0.3, 0.4) is 0 Å². The molecule has 3 aromatic rings. The molecule has 1 atom stereocenters. The number of fused-ring (bicyclic) bond motifs is 2. The number of hydrogen-bond acceptors (Lipinski definition) is 4. The first-order chi connectivity index (χ1) is 15.9. The number of amides is 3. The van der Waals surface area contributed by atoms with Crippen LogP contribution in [0.15, 0.2) is 53.1 Å². The molecule has 7 heteroatoms. The van der Waals surface area contributed by atoms with Crippen molar-refractivity contribution >= 4 is 17.7 Å². The molecule has 1 aliphatic heterocycles. The van der Waals surface area contributed by atoms with E-state index < -0.39 is 11.6 Å². The van der Waals surface area contributed by atoms with Crippen LogP contribution in [-0.4, -0.2) is 33.7 Å². The predicted octanol–water partition coefficient (Wildman–Crippen LogP) is 4.10. The van der Waals surface area contributed by atoms with E-state index in [4.69, 9.17) is 4.42 Å². The minimum Gasteiger partial charge on any atom is -0.467 e. The van der Waals surface area contributed by atoms with Gasteiger partial charge in [-0.3, -0.25) is 14.5 Å². The first kappa shape index (κ1) is 21.2. The Morgan fingerprint density at radius 2 is 1.94 bits per heavy atom. The van der Waals surface area contributed by atoms with Crippen LogP contribution in [0.2, 0.25) is 0 Å². The maximum Gasteiger partial charge on any atom is 0.325 e. The van der Waals surface area contributed by atoms with E-state index in [-0.39, 0.29) is 18.2 Å². The number of carbonyl (C=O) groups is 3. The molecular formula is C26H27N3O4. The lowest BCUT2D eigenvalue weighted by molar-refractivity contribution is -0.131. The summed E-state index contributed by atoms with van der Waals surface area (Å²) in [6, 6.07) is 12.8. The fourth-order valence-electron chi connectivity index (χ4n) is 5.23. The summed E-state index contributed by atoms with van der Waals surface area (Å²) in [4.78, 5) is 40.9. The number of benzene rings is 1. The van der Waals surface area contributed by atoms with E-state index in [1.54, 1.807) is 6.26 Å². The number of aromatic nitrogens is 1. The Morgan fingerprint density at radius 3 is 2.73 bits per heavy atom. The molecule has 1 unspecified atom stereocenters. The van der Waals surface area contributed by atoms with E-state index in [0.29, 0.717) is 18.5 Å². The molecule has 3 amide bonds. The molecule has 2 aromatic heterocycles. The summed E-state index contributed by atoms with van der Waals surface area (Å²) in [5.74, 6) is 0.203. The van der Waals surface area contributed by atoms with Crippen LogP contribution >= 0.6 is 0 Å². The lowest BCUT2D eigenvalue weighted by Crippen LogP contribution is -2.44. The fraction of sp³-hybridized carbons (Fsp3) is 0.346. The zero-order chi connectivity index (χ0) is 23.2. The molecule has 170 valence electrons. The molecule has 1 fully saturated rings. The number of carbonyl (C=O) groups excluding carboxylic acids is 3. The number of hydrogen-bond donors (Lipinski definition) is 1. The van der Waals surface area contributed by atoms with Crippen molar-refractivity contribution in [3.63, 3.8) is 0 Å². The van der Waals surface area contributed by atoms with Crippen molar-refractivity contribution in [2.75, 3.05) is 6.54 Å². The maximum atomic E-state index is 13.6. The third kappa shape index (κ3) is 3.48. The Kier molecular flexibility index (Phi) is 5.19. The van der Waals surface area contributed by atoms with E-state index in [0.717, 1.165) is 52.4 Å². The number of nitrogens with one attached hydrogen (secondary N) is 1. The number of ketones is 1. The lowest BCUT2D eigenvalue weighted by atomic mass is 9.84. The molecule has 5 rings (SSSR count). The van der Waals surface area contributed by atoms with Crippen molar-refractivity contribution < 1.29 is 18.8 Å². The van der Waals surface area contributed by atoms with Gasteiger partial charge in [0.15, 0.2) is 5.78 Å². The van der Waals surface area contributed by atoms with Crippen molar-refractivity contribution in [3.8, 4) is 0 Å². The molecule has 0 bridgehead atoms. The lowest BCUT2D eigenvalue weighted by Gasteiger charge is -2.27. The summed E-state index contributed by atoms with van der Waals surface area (Å²) < 4.78 is 7.44. The Hall–Kier alpha value is -3.61. The number of imide groups is 1. The minimum atomic E-state index is -1.08. The van der Waals surface area contributed by atoms with Crippen LogP contribution in [0.25, 0.3) is 0 Å². The highest BCUT2D eigenvalue weighted by Crippen LogP contribution is 2.39. The van der Waals surface area contributed by atoms with Crippen LogP contribution < -0.4 is 5.32 Å². The zero-order valence-corrected chi connectivity index (χ0v) is 18.9. The van der Waals surface area contributed by atoms with Crippen LogP contribution in [0.5, 0.6) is 0 Å². The molecule has 1 saturated heterocycles. The summed E-state index contributed by atoms with van der Waals surface area (Å²) in [6.07, 6.45) is 4.83. The largest absolute Gasteiger partial charge is 0.467 e. The summed E-state index contributed by atoms with van der Waals surface area (Å²) >= 11 is 0. The molecular weight excluding hydrogens is 418 g/mol. The molecule has 0 saturated carbocycles. The van der Waals surface area contributed by atoms with Crippen molar-refractivity contribution in [2.24, 2.45) is 0 Å². The second-order valence-corrected chi connectivity index (χ2v) is 8.96. The first-order valence-electron chi connectivity index (χ1n) is 11.4. The van der Waals surface area contributed by atoms with E-state index in [9.17, 15) is 14.4 Å². The van der Waals surface area contributed by atoms with Crippen molar-refractivity contribution in [3.05, 3.63) is 82.6 Å². The second-order valence-electron chi connectivity index (χ2n) is 8.96. The van der Waals surface area contributed by atoms with Gasteiger partial charge in [0.25, 0.3) is 5.91 Å². The maximum absolute atomic E-state index is 13.6. The van der Waals surface area contributed by atoms with Gasteiger partial charge in [-0.15, -0.1) is 0 Å². The summed E-state index contributed by atoms with van der Waals surface area (Å²) in [5.41, 5.74) is 3.07. The van der Waals surface area contributed by atoms with Gasteiger partial charge in [0.05, 0.1) is 19.4 Å². The van der Waals surface area contributed by atoms with Gasteiger partial charge in [0.2, 0.25) is 0 Å². The highest BCUT2D eigenvalue weighted by molar-refractivity contribution is 6.11. The average Bonchev–Trinajstić information content (AvgIpc) is 3.44.